The predicted molar refractivity (Wildman–Crippen MR) is 69.5 cm³/mol. The molecule has 0 saturated carbocycles. The molecule has 0 radical (unpaired) electrons. The van der Waals surface area contributed by atoms with Crippen molar-refractivity contribution in [1.82, 2.24) is 9.97 Å². The van der Waals surface area contributed by atoms with Crippen LogP contribution >= 0.6 is 0 Å². The molecule has 0 saturated heterocycles. The average Bonchev–Trinajstić information content (AvgIpc) is 2.78. The van der Waals surface area contributed by atoms with Gasteiger partial charge in [-0.05, 0) is 19.1 Å². The first-order chi connectivity index (χ1) is 8.79. The number of fused-ring (bicyclic) bond motifs is 3. The van der Waals surface area contributed by atoms with Crippen LogP contribution in [0.1, 0.15) is 6.92 Å². The van der Waals surface area contributed by atoms with Crippen molar-refractivity contribution in [2.24, 2.45) is 0 Å². The van der Waals surface area contributed by atoms with E-state index in [9.17, 15) is 0 Å². The molecule has 0 bridgehead atoms. The quantitative estimate of drug-likeness (QED) is 0.737. The Hall–Kier alpha value is -2.14. The fourth-order valence-electron chi connectivity index (χ4n) is 1.91. The molecule has 2 heterocycles. The third-order valence-electron chi connectivity index (χ3n) is 2.82. The van der Waals surface area contributed by atoms with Crippen LogP contribution in [-0.2, 0) is 0 Å². The molecule has 0 aliphatic carbocycles. The van der Waals surface area contributed by atoms with Gasteiger partial charge in [0.1, 0.15) is 17.4 Å². The Labute approximate surface area is 103 Å². The summed E-state index contributed by atoms with van der Waals surface area (Å²) in [4.78, 5) is 8.42. The minimum atomic E-state index is -0.0867. The number of para-hydroxylation sites is 1. The summed E-state index contributed by atoms with van der Waals surface area (Å²) in [7, 11) is 0. The van der Waals surface area contributed by atoms with E-state index in [0.717, 1.165) is 16.5 Å². The molecule has 2 N–H and O–H groups in total. The number of nitrogens with one attached hydrogen (secondary N) is 1. The Kier molecular flexibility index (Phi) is 2.60. The van der Waals surface area contributed by atoms with Gasteiger partial charge in [-0.25, -0.2) is 9.97 Å². The Bertz CT molecular complexity index is 693. The van der Waals surface area contributed by atoms with Crippen LogP contribution in [0.15, 0.2) is 35.0 Å². The topological polar surface area (TPSA) is 71.2 Å². The van der Waals surface area contributed by atoms with Gasteiger partial charge in [0.2, 0.25) is 0 Å². The molecule has 2 aromatic heterocycles. The summed E-state index contributed by atoms with van der Waals surface area (Å²) in [5.41, 5.74) is 2.19. The number of aromatic nitrogens is 2. The molecule has 0 amide bonds. The molecular formula is C13H13N3O2. The molecule has 1 unspecified atom stereocenters. The zero-order valence-corrected chi connectivity index (χ0v) is 9.92. The van der Waals surface area contributed by atoms with Gasteiger partial charge in [-0.2, -0.15) is 0 Å². The van der Waals surface area contributed by atoms with Gasteiger partial charge in [0.15, 0.2) is 11.4 Å². The third-order valence-corrected chi connectivity index (χ3v) is 2.82. The number of benzene rings is 1. The number of rotatable bonds is 3. The van der Waals surface area contributed by atoms with Crippen molar-refractivity contribution in [2.75, 3.05) is 11.9 Å². The molecular weight excluding hydrogens is 230 g/mol. The lowest BCUT2D eigenvalue weighted by Crippen LogP contribution is -2.20. The number of hydrogen-bond donors (Lipinski definition) is 2. The number of nitrogens with zero attached hydrogens (tertiary/aromatic N) is 2. The maximum absolute atomic E-state index is 9.07. The van der Waals surface area contributed by atoms with Crippen LogP contribution in [0.3, 0.4) is 0 Å². The van der Waals surface area contributed by atoms with Crippen molar-refractivity contribution in [2.45, 2.75) is 13.0 Å². The van der Waals surface area contributed by atoms with E-state index in [-0.39, 0.29) is 12.6 Å². The van der Waals surface area contributed by atoms with E-state index in [1.807, 2.05) is 31.2 Å². The maximum atomic E-state index is 9.07. The fraction of sp³-hybridized carbons (Fsp3) is 0.231. The smallest absolute Gasteiger partial charge is 0.196 e. The van der Waals surface area contributed by atoms with Crippen LogP contribution < -0.4 is 5.32 Å². The molecule has 18 heavy (non-hydrogen) atoms. The number of aliphatic hydroxyl groups is 1. The zero-order valence-electron chi connectivity index (χ0n) is 9.92. The number of furan rings is 1. The van der Waals surface area contributed by atoms with Crippen LogP contribution in [0.25, 0.3) is 22.1 Å². The Morgan fingerprint density at radius 2 is 2.17 bits per heavy atom. The first-order valence-electron chi connectivity index (χ1n) is 5.79. The second-order valence-electron chi connectivity index (χ2n) is 4.23. The van der Waals surface area contributed by atoms with Gasteiger partial charge in [-0.3, -0.25) is 0 Å². The van der Waals surface area contributed by atoms with E-state index < -0.39 is 0 Å². The second-order valence-corrected chi connectivity index (χ2v) is 4.23. The van der Waals surface area contributed by atoms with E-state index in [2.05, 4.69) is 15.3 Å². The first-order valence-corrected chi connectivity index (χ1v) is 5.79. The lowest BCUT2D eigenvalue weighted by Gasteiger charge is -2.10. The molecule has 5 nitrogen and oxygen atoms in total. The standard InChI is InChI=1S/C13H13N3O2/c1-8(6-17)16-13-12-11(14-7-15-13)9-4-2-3-5-10(9)18-12/h2-5,7-8,17H,6H2,1H3,(H,14,15,16). The Morgan fingerprint density at radius 3 is 3.00 bits per heavy atom. The largest absolute Gasteiger partial charge is 0.450 e. The van der Waals surface area contributed by atoms with Crippen molar-refractivity contribution in [1.29, 1.82) is 0 Å². The number of anilines is 1. The second kappa shape index (κ2) is 4.27. The molecule has 92 valence electrons. The third kappa shape index (κ3) is 1.69. The van der Waals surface area contributed by atoms with Crippen LogP contribution in [0.2, 0.25) is 0 Å². The van der Waals surface area contributed by atoms with Gasteiger partial charge in [0.25, 0.3) is 0 Å². The lowest BCUT2D eigenvalue weighted by atomic mass is 10.2. The van der Waals surface area contributed by atoms with E-state index in [1.165, 1.54) is 6.33 Å². The monoisotopic (exact) mass is 243 g/mol. The minimum Gasteiger partial charge on any atom is -0.450 e. The van der Waals surface area contributed by atoms with Crippen LogP contribution in [0.4, 0.5) is 5.82 Å². The molecule has 3 aromatic rings. The average molecular weight is 243 g/mol. The van der Waals surface area contributed by atoms with Crippen LogP contribution in [-0.4, -0.2) is 27.7 Å². The molecule has 0 aliphatic rings. The van der Waals surface area contributed by atoms with Crippen LogP contribution in [0, 0.1) is 0 Å². The summed E-state index contributed by atoms with van der Waals surface area (Å²) in [6.07, 6.45) is 1.50. The van der Waals surface area contributed by atoms with Crippen molar-refractivity contribution in [3.8, 4) is 0 Å². The Morgan fingerprint density at radius 1 is 1.33 bits per heavy atom. The van der Waals surface area contributed by atoms with Gasteiger partial charge in [-0.15, -0.1) is 0 Å². The molecule has 0 fully saturated rings. The normalized spacial score (nSPS) is 13.0. The summed E-state index contributed by atoms with van der Waals surface area (Å²) >= 11 is 0. The van der Waals surface area contributed by atoms with E-state index >= 15 is 0 Å². The fourth-order valence-corrected chi connectivity index (χ4v) is 1.91. The highest BCUT2D eigenvalue weighted by Gasteiger charge is 2.13. The summed E-state index contributed by atoms with van der Waals surface area (Å²) in [5, 5.41) is 13.1. The summed E-state index contributed by atoms with van der Waals surface area (Å²) in [6.45, 7) is 1.91. The molecule has 1 atom stereocenters. The van der Waals surface area contributed by atoms with Crippen LogP contribution in [0.5, 0.6) is 0 Å². The summed E-state index contributed by atoms with van der Waals surface area (Å²) < 4.78 is 5.76. The molecule has 0 aliphatic heterocycles. The molecule has 5 heteroatoms. The Balaban J connectivity index is 2.21. The lowest BCUT2D eigenvalue weighted by molar-refractivity contribution is 0.281. The van der Waals surface area contributed by atoms with Gasteiger partial charge >= 0.3 is 0 Å². The molecule has 1 aromatic carbocycles. The SMILES string of the molecule is CC(CO)Nc1ncnc2c1oc1ccccc12. The van der Waals surface area contributed by atoms with E-state index in [4.69, 9.17) is 9.52 Å². The number of aliphatic hydroxyl groups excluding tert-OH is 1. The predicted octanol–water partition coefficient (Wildman–Crippen LogP) is 2.17. The van der Waals surface area contributed by atoms with Gasteiger partial charge in [0, 0.05) is 11.4 Å². The maximum Gasteiger partial charge on any atom is 0.196 e. The highest BCUT2D eigenvalue weighted by molar-refractivity contribution is 6.05. The van der Waals surface area contributed by atoms with Gasteiger partial charge in [0.05, 0.1) is 6.61 Å². The zero-order chi connectivity index (χ0) is 12.5. The first kappa shape index (κ1) is 11.0. The van der Waals surface area contributed by atoms with Crippen molar-refractivity contribution in [3.05, 3.63) is 30.6 Å². The van der Waals surface area contributed by atoms with Crippen molar-refractivity contribution >= 4 is 27.9 Å². The molecule has 3 rings (SSSR count). The highest BCUT2D eigenvalue weighted by Crippen LogP contribution is 2.30. The van der Waals surface area contributed by atoms with E-state index in [1.54, 1.807) is 0 Å². The van der Waals surface area contributed by atoms with Crippen molar-refractivity contribution < 1.29 is 9.52 Å². The van der Waals surface area contributed by atoms with E-state index in [0.29, 0.717) is 11.4 Å². The summed E-state index contributed by atoms with van der Waals surface area (Å²) in [5.74, 6) is 0.609. The summed E-state index contributed by atoms with van der Waals surface area (Å²) in [6, 6.07) is 7.64. The van der Waals surface area contributed by atoms with Gasteiger partial charge in [-0.1, -0.05) is 12.1 Å². The van der Waals surface area contributed by atoms with Crippen molar-refractivity contribution in [3.63, 3.8) is 0 Å². The van der Waals surface area contributed by atoms with Gasteiger partial charge < -0.3 is 14.8 Å². The number of hydrogen-bond acceptors (Lipinski definition) is 5. The molecule has 0 spiro atoms. The minimum absolute atomic E-state index is 0.0335. The highest BCUT2D eigenvalue weighted by atomic mass is 16.3.